The SMILES string of the molecule is C=CCOC(=O)[C@@]1(CO)C=Cc2cc3c(cc2[C@@H]1[Si](C)(C)c1ccccc1)OCO3. The smallest absolute Gasteiger partial charge is 0.318 e. The quantitative estimate of drug-likeness (QED) is 0.439. The molecule has 1 N–H and O–H groups in total. The fourth-order valence-corrected chi connectivity index (χ4v) is 8.72. The molecule has 6 heteroatoms. The van der Waals surface area contributed by atoms with Crippen LogP contribution in [-0.2, 0) is 9.53 Å². The van der Waals surface area contributed by atoms with Crippen molar-refractivity contribution < 1.29 is 24.1 Å². The topological polar surface area (TPSA) is 65.0 Å². The number of hydrogen-bond donors (Lipinski definition) is 1. The van der Waals surface area contributed by atoms with Crippen LogP contribution in [0.5, 0.6) is 11.5 Å². The van der Waals surface area contributed by atoms with E-state index in [1.165, 1.54) is 11.3 Å². The first-order valence-electron chi connectivity index (χ1n) is 10.0. The predicted molar refractivity (Wildman–Crippen MR) is 119 cm³/mol. The van der Waals surface area contributed by atoms with Gasteiger partial charge in [-0.05, 0) is 23.3 Å². The number of aliphatic hydroxyl groups is 1. The second-order valence-corrected chi connectivity index (χ2v) is 12.9. The van der Waals surface area contributed by atoms with E-state index in [0.29, 0.717) is 11.5 Å². The Kier molecular flexibility index (Phi) is 5.30. The molecule has 1 aliphatic carbocycles. The van der Waals surface area contributed by atoms with Crippen molar-refractivity contribution in [3.8, 4) is 11.5 Å². The molecule has 0 amide bonds. The van der Waals surface area contributed by atoms with Gasteiger partial charge in [-0.2, -0.15) is 0 Å². The summed E-state index contributed by atoms with van der Waals surface area (Å²) >= 11 is 0. The van der Waals surface area contributed by atoms with Gasteiger partial charge in [-0.3, -0.25) is 4.79 Å². The van der Waals surface area contributed by atoms with Crippen molar-refractivity contribution in [3.63, 3.8) is 0 Å². The van der Waals surface area contributed by atoms with Gasteiger partial charge in [0.15, 0.2) is 11.5 Å². The number of rotatable bonds is 6. The predicted octanol–water partition coefficient (Wildman–Crippen LogP) is 3.39. The molecule has 0 unspecified atom stereocenters. The Balaban J connectivity index is 1.93. The molecule has 0 saturated heterocycles. The Hall–Kier alpha value is -2.83. The molecule has 0 bridgehead atoms. The third-order valence-corrected chi connectivity index (χ3v) is 10.3. The summed E-state index contributed by atoms with van der Waals surface area (Å²) in [6.45, 7) is 8.03. The van der Waals surface area contributed by atoms with Gasteiger partial charge in [0, 0.05) is 5.54 Å². The lowest BCUT2D eigenvalue weighted by molar-refractivity contribution is -0.154. The fraction of sp³-hybridized carbons (Fsp3) is 0.292. The summed E-state index contributed by atoms with van der Waals surface area (Å²) in [4.78, 5) is 13.3. The number of aliphatic hydroxyl groups excluding tert-OH is 1. The Morgan fingerprint density at radius 2 is 1.97 bits per heavy atom. The van der Waals surface area contributed by atoms with Crippen LogP contribution in [0, 0.1) is 5.41 Å². The maximum atomic E-state index is 13.3. The first-order valence-corrected chi connectivity index (χ1v) is 13.1. The fourth-order valence-electron chi connectivity index (χ4n) is 4.71. The highest BCUT2D eigenvalue weighted by atomic mass is 28.3. The average Bonchev–Trinajstić information content (AvgIpc) is 3.22. The van der Waals surface area contributed by atoms with Gasteiger partial charge in [-0.25, -0.2) is 0 Å². The summed E-state index contributed by atoms with van der Waals surface area (Å²) in [5, 5.41) is 11.8. The van der Waals surface area contributed by atoms with Crippen molar-refractivity contribution in [3.05, 3.63) is 72.3 Å². The number of carbonyl (C=O) groups excluding carboxylic acids is 1. The summed E-state index contributed by atoms with van der Waals surface area (Å²) in [5.74, 6) is 0.922. The van der Waals surface area contributed by atoms with Crippen molar-refractivity contribution in [2.24, 2.45) is 5.41 Å². The third kappa shape index (κ3) is 3.16. The van der Waals surface area contributed by atoms with Crippen LogP contribution < -0.4 is 14.7 Å². The largest absolute Gasteiger partial charge is 0.461 e. The molecule has 0 spiro atoms. The molecular weight excluding hydrogens is 396 g/mol. The van der Waals surface area contributed by atoms with Crippen molar-refractivity contribution >= 4 is 25.3 Å². The monoisotopic (exact) mass is 422 g/mol. The minimum absolute atomic E-state index is 0.0997. The van der Waals surface area contributed by atoms with Gasteiger partial charge >= 0.3 is 5.97 Å². The maximum Gasteiger partial charge on any atom is 0.318 e. The second kappa shape index (κ2) is 7.78. The van der Waals surface area contributed by atoms with E-state index >= 15 is 0 Å². The highest BCUT2D eigenvalue weighted by molar-refractivity contribution is 6.91. The second-order valence-electron chi connectivity index (χ2n) is 8.27. The van der Waals surface area contributed by atoms with E-state index < -0.39 is 19.5 Å². The molecule has 156 valence electrons. The summed E-state index contributed by atoms with van der Waals surface area (Å²) < 4.78 is 16.7. The van der Waals surface area contributed by atoms with E-state index in [4.69, 9.17) is 14.2 Å². The van der Waals surface area contributed by atoms with Crippen molar-refractivity contribution in [2.45, 2.75) is 18.6 Å². The number of benzene rings is 2. The van der Waals surface area contributed by atoms with Crippen LogP contribution in [0.3, 0.4) is 0 Å². The van der Waals surface area contributed by atoms with Crippen molar-refractivity contribution in [1.82, 2.24) is 0 Å². The van der Waals surface area contributed by atoms with Gasteiger partial charge in [-0.15, -0.1) is 0 Å². The molecular formula is C24H26O5Si. The van der Waals surface area contributed by atoms with Crippen LogP contribution in [0.1, 0.15) is 16.7 Å². The summed E-state index contributed by atoms with van der Waals surface area (Å²) in [5.41, 5.74) is 0.507. The molecule has 30 heavy (non-hydrogen) atoms. The Labute approximate surface area is 177 Å². The molecule has 2 aliphatic rings. The number of fused-ring (bicyclic) bond motifs is 2. The lowest BCUT2D eigenvalue weighted by atomic mass is 9.76. The van der Waals surface area contributed by atoms with Crippen LogP contribution in [0.2, 0.25) is 13.1 Å². The lowest BCUT2D eigenvalue weighted by Gasteiger charge is -2.46. The third-order valence-electron chi connectivity index (χ3n) is 6.18. The molecule has 5 nitrogen and oxygen atoms in total. The highest BCUT2D eigenvalue weighted by Gasteiger charge is 2.55. The van der Waals surface area contributed by atoms with Crippen LogP contribution in [-0.4, -0.2) is 39.2 Å². The van der Waals surface area contributed by atoms with Gasteiger partial charge in [-0.1, -0.05) is 73.4 Å². The summed E-state index contributed by atoms with van der Waals surface area (Å²) in [7, 11) is -2.36. The van der Waals surface area contributed by atoms with Gasteiger partial charge in [0.25, 0.3) is 0 Å². The summed E-state index contributed by atoms with van der Waals surface area (Å²) in [6.07, 6.45) is 5.23. The zero-order chi connectivity index (χ0) is 21.4. The molecule has 0 radical (unpaired) electrons. The van der Waals surface area contributed by atoms with E-state index in [9.17, 15) is 9.90 Å². The molecule has 4 rings (SSSR count). The van der Waals surface area contributed by atoms with Gasteiger partial charge in [0.2, 0.25) is 6.79 Å². The van der Waals surface area contributed by atoms with Crippen molar-refractivity contribution in [1.29, 1.82) is 0 Å². The van der Waals surface area contributed by atoms with Gasteiger partial charge < -0.3 is 19.3 Å². The first kappa shape index (κ1) is 20.4. The molecule has 2 aromatic carbocycles. The maximum absolute atomic E-state index is 13.3. The number of hydrogen-bond acceptors (Lipinski definition) is 5. The first-order chi connectivity index (χ1) is 14.4. The van der Waals surface area contributed by atoms with Crippen molar-refractivity contribution in [2.75, 3.05) is 20.0 Å². The van der Waals surface area contributed by atoms with E-state index in [1.54, 1.807) is 0 Å². The zero-order valence-corrected chi connectivity index (χ0v) is 18.3. The average molecular weight is 423 g/mol. The standard InChI is InChI=1S/C24H26O5Si/c1-4-12-27-23(26)24(15-25)11-10-17-13-20-21(29-16-28-20)14-19(17)22(24)30(2,3)18-8-6-5-7-9-18/h4-11,13-14,22,25H,1,12,15-16H2,2-3H3/t22-,24+/m0/s1. The van der Waals surface area contributed by atoms with Crippen LogP contribution in [0.15, 0.2) is 61.2 Å². The summed E-state index contributed by atoms with van der Waals surface area (Å²) in [6, 6.07) is 14.1. The van der Waals surface area contributed by atoms with Gasteiger partial charge in [0.05, 0.1) is 14.7 Å². The molecule has 0 saturated carbocycles. The molecule has 0 fully saturated rings. The van der Waals surface area contributed by atoms with E-state index in [2.05, 4.69) is 31.8 Å². The Morgan fingerprint density at radius 3 is 2.63 bits per heavy atom. The number of esters is 1. The minimum atomic E-state index is -2.36. The molecule has 0 aromatic heterocycles. The Morgan fingerprint density at radius 1 is 1.27 bits per heavy atom. The minimum Gasteiger partial charge on any atom is -0.461 e. The van der Waals surface area contributed by atoms with Crippen LogP contribution >= 0.6 is 0 Å². The Bertz CT molecular complexity index is 998. The zero-order valence-electron chi connectivity index (χ0n) is 17.3. The molecule has 2 aromatic rings. The number of ether oxygens (including phenoxy) is 3. The van der Waals surface area contributed by atoms with Crippen LogP contribution in [0.25, 0.3) is 6.08 Å². The number of carbonyl (C=O) groups is 1. The lowest BCUT2D eigenvalue weighted by Crippen LogP contribution is -2.58. The van der Waals surface area contributed by atoms with Crippen LogP contribution in [0.4, 0.5) is 0 Å². The van der Waals surface area contributed by atoms with E-state index in [1.807, 2.05) is 42.5 Å². The molecule has 1 heterocycles. The van der Waals surface area contributed by atoms with E-state index in [-0.39, 0.29) is 25.5 Å². The van der Waals surface area contributed by atoms with Gasteiger partial charge in [0.1, 0.15) is 12.0 Å². The normalized spacial score (nSPS) is 21.8. The van der Waals surface area contributed by atoms with E-state index in [0.717, 1.165) is 11.1 Å². The highest BCUT2D eigenvalue weighted by Crippen LogP contribution is 2.51. The molecule has 2 atom stereocenters. The molecule has 1 aliphatic heterocycles.